The predicted octanol–water partition coefficient (Wildman–Crippen LogP) is 2.95. The highest BCUT2D eigenvalue weighted by Crippen LogP contribution is 2.60. The van der Waals surface area contributed by atoms with Crippen molar-refractivity contribution in [3.8, 4) is 5.75 Å². The van der Waals surface area contributed by atoms with Gasteiger partial charge in [0.2, 0.25) is 5.89 Å². The molecule has 1 saturated heterocycles. The largest absolute Gasteiger partial charge is 0.483 e. The molecule has 0 radical (unpaired) electrons. The quantitative estimate of drug-likeness (QED) is 0.554. The van der Waals surface area contributed by atoms with Gasteiger partial charge in [-0.3, -0.25) is 4.79 Å². The van der Waals surface area contributed by atoms with Crippen LogP contribution in [0.5, 0.6) is 5.75 Å². The zero-order valence-electron chi connectivity index (χ0n) is 17.6. The molecule has 8 nitrogen and oxygen atoms in total. The number of hydrogen-bond donors (Lipinski definition) is 0. The van der Waals surface area contributed by atoms with Crippen LogP contribution in [0.4, 0.5) is 22.0 Å². The number of aromatic nitrogens is 2. The van der Waals surface area contributed by atoms with E-state index in [2.05, 4.69) is 10.1 Å². The molecule has 3 aliphatic rings. The molecule has 1 aliphatic heterocycles. The van der Waals surface area contributed by atoms with Gasteiger partial charge in [-0.25, -0.2) is 17.2 Å². The van der Waals surface area contributed by atoms with Crippen molar-refractivity contribution in [3.63, 3.8) is 0 Å². The van der Waals surface area contributed by atoms with Gasteiger partial charge in [0.15, 0.2) is 22.3 Å². The number of piperidine rings is 1. The molecule has 0 N–H and O–H groups in total. The van der Waals surface area contributed by atoms with Gasteiger partial charge in [-0.2, -0.15) is 18.2 Å². The van der Waals surface area contributed by atoms with Crippen LogP contribution in [0.2, 0.25) is 0 Å². The van der Waals surface area contributed by atoms with Crippen LogP contribution in [0.25, 0.3) is 0 Å². The number of benzene rings is 1. The third-order valence-corrected chi connectivity index (χ3v) is 7.56. The van der Waals surface area contributed by atoms with Gasteiger partial charge < -0.3 is 14.2 Å². The fraction of sp³-hybridized carbons (Fsp3) is 0.550. The minimum absolute atomic E-state index is 0.0817. The van der Waals surface area contributed by atoms with Gasteiger partial charge in [-0.15, -0.1) is 0 Å². The van der Waals surface area contributed by atoms with Gasteiger partial charge in [0, 0.05) is 25.8 Å². The average molecular weight is 507 g/mol. The number of amides is 1. The first-order valence-electron chi connectivity index (χ1n) is 10.2. The Balaban J connectivity index is 1.39. The highest BCUT2D eigenvalue weighted by atomic mass is 32.2. The third kappa shape index (κ3) is 4.01. The minimum Gasteiger partial charge on any atom is -0.483 e. The summed E-state index contributed by atoms with van der Waals surface area (Å²) < 4.78 is 98.3. The first kappa shape index (κ1) is 23.0. The van der Waals surface area contributed by atoms with E-state index in [9.17, 15) is 35.2 Å². The smallest absolute Gasteiger partial charge is 0.422 e. The van der Waals surface area contributed by atoms with Crippen LogP contribution in [0.3, 0.4) is 0 Å². The Hall–Kier alpha value is -2.77. The summed E-state index contributed by atoms with van der Waals surface area (Å²) in [6, 6.07) is 3.07. The Morgan fingerprint density at radius 2 is 2.00 bits per heavy atom. The maximum absolute atomic E-state index is 13.3. The second kappa shape index (κ2) is 7.12. The Labute approximate surface area is 190 Å². The fourth-order valence-corrected chi connectivity index (χ4v) is 5.05. The number of halogens is 5. The molecular weight excluding hydrogens is 489 g/mol. The number of ether oxygens (including phenoxy) is 1. The Morgan fingerprint density at radius 1 is 1.29 bits per heavy atom. The van der Waals surface area contributed by atoms with E-state index in [0.717, 1.165) is 24.5 Å². The van der Waals surface area contributed by atoms with E-state index in [1.165, 1.54) is 4.90 Å². The standard InChI is InChI=1S/C20H18F5N3O5S/c1-34(30,31)11-2-3-14(32-9-20(23,24)25)12(4-11)16(29)28-7-10-5-18(10,8-28)17-26-15(33-27-17)13-6-19(13,21)22/h2-4,10,13H,5-9H2,1H3. The van der Waals surface area contributed by atoms with Gasteiger partial charge in [0.1, 0.15) is 11.7 Å². The lowest BCUT2D eigenvalue weighted by Gasteiger charge is -2.22. The summed E-state index contributed by atoms with van der Waals surface area (Å²) in [5, 5.41) is 3.84. The fourth-order valence-electron chi connectivity index (χ4n) is 4.41. The lowest BCUT2D eigenvalue weighted by Crippen LogP contribution is -2.33. The van der Waals surface area contributed by atoms with Crippen molar-refractivity contribution in [3.05, 3.63) is 35.5 Å². The lowest BCUT2D eigenvalue weighted by atomic mass is 10.1. The zero-order valence-corrected chi connectivity index (χ0v) is 18.4. The van der Waals surface area contributed by atoms with Crippen LogP contribution in [0.15, 0.2) is 27.6 Å². The van der Waals surface area contributed by atoms with Crippen molar-refractivity contribution >= 4 is 15.7 Å². The van der Waals surface area contributed by atoms with Crippen molar-refractivity contribution in [2.45, 2.75) is 41.2 Å². The number of carbonyl (C=O) groups is 1. The molecule has 1 aromatic heterocycles. The number of sulfone groups is 1. The van der Waals surface area contributed by atoms with Gasteiger partial charge in [0.05, 0.1) is 15.9 Å². The summed E-state index contributed by atoms with van der Waals surface area (Å²) in [6.45, 7) is -1.36. The topological polar surface area (TPSA) is 103 Å². The highest BCUT2D eigenvalue weighted by molar-refractivity contribution is 7.90. The number of likely N-dealkylation sites (tertiary alicyclic amines) is 1. The summed E-state index contributed by atoms with van der Waals surface area (Å²) in [5.74, 6) is -5.14. The van der Waals surface area contributed by atoms with Crippen molar-refractivity contribution in [2.24, 2.45) is 5.92 Å². The molecule has 34 heavy (non-hydrogen) atoms. The van der Waals surface area contributed by atoms with E-state index in [-0.39, 0.29) is 47.6 Å². The maximum atomic E-state index is 13.3. The second-order valence-electron chi connectivity index (χ2n) is 9.05. The summed E-state index contributed by atoms with van der Waals surface area (Å²) >= 11 is 0. The van der Waals surface area contributed by atoms with Crippen LogP contribution < -0.4 is 4.74 Å². The molecule has 5 rings (SSSR count). The van der Waals surface area contributed by atoms with Crippen LogP contribution in [-0.2, 0) is 15.3 Å². The second-order valence-corrected chi connectivity index (χ2v) is 11.1. The molecule has 3 unspecified atom stereocenters. The number of fused-ring (bicyclic) bond motifs is 1. The predicted molar refractivity (Wildman–Crippen MR) is 103 cm³/mol. The van der Waals surface area contributed by atoms with Gasteiger partial charge >= 0.3 is 6.18 Å². The van der Waals surface area contributed by atoms with Crippen LogP contribution >= 0.6 is 0 Å². The average Bonchev–Trinajstić information content (AvgIpc) is 3.42. The lowest BCUT2D eigenvalue weighted by molar-refractivity contribution is -0.153. The van der Waals surface area contributed by atoms with Crippen molar-refractivity contribution in [2.75, 3.05) is 26.0 Å². The summed E-state index contributed by atoms with van der Waals surface area (Å²) in [4.78, 5) is 18.4. The number of nitrogens with zero attached hydrogens (tertiary/aromatic N) is 3. The van der Waals surface area contributed by atoms with E-state index in [0.29, 0.717) is 6.42 Å². The molecule has 2 saturated carbocycles. The van der Waals surface area contributed by atoms with Gasteiger partial charge in [-0.1, -0.05) is 5.16 Å². The monoisotopic (exact) mass is 507 g/mol. The summed E-state index contributed by atoms with van der Waals surface area (Å²) in [7, 11) is -3.75. The molecule has 2 heterocycles. The highest BCUT2D eigenvalue weighted by Gasteiger charge is 2.66. The molecular formula is C20H18F5N3O5S. The molecule has 184 valence electrons. The molecule has 2 aliphatic carbocycles. The molecule has 3 atom stereocenters. The van der Waals surface area contributed by atoms with Crippen LogP contribution in [0, 0.1) is 5.92 Å². The summed E-state index contributed by atoms with van der Waals surface area (Å²) in [6.07, 6.45) is -3.53. The van der Waals surface area contributed by atoms with Crippen molar-refractivity contribution in [1.82, 2.24) is 15.0 Å². The first-order chi connectivity index (χ1) is 15.7. The molecule has 3 fully saturated rings. The van der Waals surface area contributed by atoms with E-state index in [1.54, 1.807) is 0 Å². The normalized spacial score (nSPS) is 27.4. The van der Waals surface area contributed by atoms with E-state index >= 15 is 0 Å². The molecule has 14 heteroatoms. The molecule has 1 aromatic carbocycles. The number of alkyl halides is 5. The van der Waals surface area contributed by atoms with Crippen molar-refractivity contribution in [1.29, 1.82) is 0 Å². The first-order valence-corrected chi connectivity index (χ1v) is 12.1. The molecule has 0 spiro atoms. The van der Waals surface area contributed by atoms with E-state index in [4.69, 9.17) is 9.26 Å². The van der Waals surface area contributed by atoms with Gasteiger partial charge in [-0.05, 0) is 30.5 Å². The third-order valence-electron chi connectivity index (χ3n) is 6.45. The Kier molecular flexibility index (Phi) is 4.82. The van der Waals surface area contributed by atoms with Crippen LogP contribution in [-0.4, -0.2) is 67.4 Å². The van der Waals surface area contributed by atoms with E-state index < -0.39 is 51.5 Å². The number of carbonyl (C=O) groups excluding carboxylic acids is 1. The van der Waals surface area contributed by atoms with Crippen LogP contribution in [0.1, 0.15) is 40.8 Å². The minimum atomic E-state index is -4.66. The maximum Gasteiger partial charge on any atom is 0.422 e. The SMILES string of the molecule is CS(=O)(=O)c1ccc(OCC(F)(F)F)c(C(=O)N2CC3CC3(c3noc(C4CC4(F)F)n3)C2)c1. The molecule has 2 aromatic rings. The summed E-state index contributed by atoms with van der Waals surface area (Å²) in [5.41, 5.74) is -1.02. The zero-order chi connectivity index (χ0) is 24.7. The van der Waals surface area contributed by atoms with Gasteiger partial charge in [0.25, 0.3) is 11.8 Å². The van der Waals surface area contributed by atoms with E-state index in [1.807, 2.05) is 0 Å². The number of rotatable bonds is 6. The molecule has 0 bridgehead atoms. The Bertz CT molecular complexity index is 1280. The number of hydrogen-bond acceptors (Lipinski definition) is 7. The molecule has 1 amide bonds. The van der Waals surface area contributed by atoms with Crippen molar-refractivity contribution < 1.29 is 44.4 Å². The Morgan fingerprint density at radius 3 is 2.62 bits per heavy atom.